The molecule has 1 aliphatic rings. The zero-order chi connectivity index (χ0) is 21.6. The number of nitriles is 1. The number of nitrogens with zero attached hydrogens (tertiary/aromatic N) is 3. The molecule has 0 radical (unpaired) electrons. The maximum Gasteiger partial charge on any atom is 0.346 e. The number of imide groups is 1. The fourth-order valence-electron chi connectivity index (χ4n) is 3.10. The van der Waals surface area contributed by atoms with Gasteiger partial charge in [-0.05, 0) is 49.1 Å². The van der Waals surface area contributed by atoms with E-state index in [1.165, 1.54) is 13.3 Å². The van der Waals surface area contributed by atoms with Gasteiger partial charge in [0.25, 0.3) is 5.91 Å². The highest BCUT2D eigenvalue weighted by atomic mass is 16.5. The normalized spacial score (nSPS) is 18.4. The van der Waals surface area contributed by atoms with Crippen LogP contribution in [0.1, 0.15) is 24.5 Å². The number of amides is 3. The summed E-state index contributed by atoms with van der Waals surface area (Å²) in [4.78, 5) is 25.2. The standard InChI is InChI=1S/C22H22N4O4/c1-22(11-10-16-6-4-3-5-7-16)20(27)26(21(28)25-22)24-15-17-8-9-18(30-13-12-23)19(14-17)29-2/h3-9,14-15H,10-11,13H2,1-2H3,(H,25,28)/b24-15-/t22-/m0/s1. The first-order valence-electron chi connectivity index (χ1n) is 9.39. The van der Waals surface area contributed by atoms with Crippen molar-refractivity contribution in [1.29, 1.82) is 5.26 Å². The second-order valence-corrected chi connectivity index (χ2v) is 6.97. The molecule has 0 unspecified atom stereocenters. The lowest BCUT2D eigenvalue weighted by molar-refractivity contribution is -0.130. The van der Waals surface area contributed by atoms with Crippen molar-refractivity contribution in [1.82, 2.24) is 10.3 Å². The van der Waals surface area contributed by atoms with Crippen LogP contribution < -0.4 is 14.8 Å². The highest BCUT2D eigenvalue weighted by Crippen LogP contribution is 2.28. The van der Waals surface area contributed by atoms with Crippen molar-refractivity contribution in [3.8, 4) is 17.6 Å². The van der Waals surface area contributed by atoms with Crippen molar-refractivity contribution in [2.75, 3.05) is 13.7 Å². The van der Waals surface area contributed by atoms with E-state index >= 15 is 0 Å². The first-order chi connectivity index (χ1) is 14.5. The summed E-state index contributed by atoms with van der Waals surface area (Å²) in [5.41, 5.74) is 0.680. The van der Waals surface area contributed by atoms with Crippen LogP contribution in [0.4, 0.5) is 4.79 Å². The Labute approximate surface area is 174 Å². The van der Waals surface area contributed by atoms with Crippen LogP contribution in [0.5, 0.6) is 11.5 Å². The Kier molecular flexibility index (Phi) is 6.32. The number of hydrogen-bond donors (Lipinski definition) is 1. The van der Waals surface area contributed by atoms with Crippen LogP contribution in [0.2, 0.25) is 0 Å². The molecule has 30 heavy (non-hydrogen) atoms. The lowest BCUT2D eigenvalue weighted by Gasteiger charge is -2.20. The van der Waals surface area contributed by atoms with E-state index in [2.05, 4.69) is 10.4 Å². The van der Waals surface area contributed by atoms with Gasteiger partial charge >= 0.3 is 6.03 Å². The fraction of sp³-hybridized carbons (Fsp3) is 0.273. The van der Waals surface area contributed by atoms with Gasteiger partial charge in [-0.2, -0.15) is 10.4 Å². The molecule has 1 fully saturated rings. The highest BCUT2D eigenvalue weighted by Gasteiger charge is 2.47. The van der Waals surface area contributed by atoms with Gasteiger partial charge in [0, 0.05) is 0 Å². The third-order valence-electron chi connectivity index (χ3n) is 4.80. The van der Waals surface area contributed by atoms with E-state index in [-0.39, 0.29) is 6.61 Å². The highest BCUT2D eigenvalue weighted by molar-refractivity contribution is 6.07. The molecule has 0 saturated carbocycles. The SMILES string of the molecule is COc1cc(/C=N\N2C(=O)N[C@@](C)(CCc3ccccc3)C2=O)ccc1OCC#N. The molecular formula is C22H22N4O4. The third-order valence-corrected chi connectivity index (χ3v) is 4.80. The van der Waals surface area contributed by atoms with E-state index in [4.69, 9.17) is 14.7 Å². The average Bonchev–Trinajstić information content (AvgIpc) is 2.98. The van der Waals surface area contributed by atoms with Crippen molar-refractivity contribution >= 4 is 18.2 Å². The number of nitrogens with one attached hydrogen (secondary N) is 1. The Morgan fingerprint density at radius 1 is 1.20 bits per heavy atom. The molecule has 8 nitrogen and oxygen atoms in total. The van der Waals surface area contributed by atoms with Crippen LogP contribution in [0.15, 0.2) is 53.6 Å². The number of hydrazone groups is 1. The molecule has 154 valence electrons. The van der Waals surface area contributed by atoms with Crippen LogP contribution in [0.3, 0.4) is 0 Å². The molecule has 2 aromatic carbocycles. The van der Waals surface area contributed by atoms with E-state index in [0.717, 1.165) is 10.6 Å². The zero-order valence-corrected chi connectivity index (χ0v) is 16.8. The van der Waals surface area contributed by atoms with Gasteiger partial charge in [0.05, 0.1) is 13.3 Å². The Balaban J connectivity index is 1.70. The lowest BCUT2D eigenvalue weighted by Crippen LogP contribution is -2.44. The Hall–Kier alpha value is -3.86. The number of benzene rings is 2. The van der Waals surface area contributed by atoms with E-state index in [0.29, 0.717) is 29.9 Å². The van der Waals surface area contributed by atoms with Gasteiger partial charge in [-0.3, -0.25) is 4.79 Å². The summed E-state index contributed by atoms with van der Waals surface area (Å²) in [6.45, 7) is 1.60. The number of carbonyl (C=O) groups excluding carboxylic acids is 2. The van der Waals surface area contributed by atoms with Gasteiger partial charge in [-0.1, -0.05) is 30.3 Å². The third kappa shape index (κ3) is 4.58. The van der Waals surface area contributed by atoms with Gasteiger partial charge in [-0.15, -0.1) is 5.01 Å². The van der Waals surface area contributed by atoms with Gasteiger partial charge < -0.3 is 14.8 Å². The minimum Gasteiger partial charge on any atom is -0.493 e. The molecule has 1 heterocycles. The van der Waals surface area contributed by atoms with Gasteiger partial charge in [0.15, 0.2) is 18.1 Å². The molecule has 0 aromatic heterocycles. The minimum absolute atomic E-state index is 0.103. The quantitative estimate of drug-likeness (QED) is 0.536. The Morgan fingerprint density at radius 3 is 2.67 bits per heavy atom. The number of hydrogen-bond acceptors (Lipinski definition) is 6. The maximum absolute atomic E-state index is 12.8. The summed E-state index contributed by atoms with van der Waals surface area (Å²) in [6.07, 6.45) is 2.52. The van der Waals surface area contributed by atoms with E-state index in [1.807, 2.05) is 36.4 Å². The van der Waals surface area contributed by atoms with Crippen LogP contribution in [-0.2, 0) is 11.2 Å². The molecule has 2 aromatic rings. The van der Waals surface area contributed by atoms with Crippen molar-refractivity contribution in [2.24, 2.45) is 5.10 Å². The Bertz CT molecular complexity index is 1000. The number of aryl methyl sites for hydroxylation is 1. The van der Waals surface area contributed by atoms with Crippen molar-refractivity contribution in [3.63, 3.8) is 0 Å². The first kappa shape index (κ1) is 20.9. The smallest absolute Gasteiger partial charge is 0.346 e. The number of ether oxygens (including phenoxy) is 2. The molecule has 1 atom stereocenters. The number of methoxy groups -OCH3 is 1. The monoisotopic (exact) mass is 406 g/mol. The van der Waals surface area contributed by atoms with E-state index < -0.39 is 17.5 Å². The van der Waals surface area contributed by atoms with Crippen molar-refractivity contribution < 1.29 is 19.1 Å². The average molecular weight is 406 g/mol. The molecule has 1 saturated heterocycles. The number of carbonyl (C=O) groups is 2. The van der Waals surface area contributed by atoms with Crippen molar-refractivity contribution in [2.45, 2.75) is 25.3 Å². The maximum atomic E-state index is 12.8. The summed E-state index contributed by atoms with van der Waals surface area (Å²) >= 11 is 0. The minimum atomic E-state index is -1.02. The summed E-state index contributed by atoms with van der Waals surface area (Å²) < 4.78 is 10.5. The van der Waals surface area contributed by atoms with Crippen molar-refractivity contribution in [3.05, 3.63) is 59.7 Å². The van der Waals surface area contributed by atoms with E-state index in [1.54, 1.807) is 25.1 Å². The molecule has 3 rings (SSSR count). The molecule has 0 aliphatic carbocycles. The van der Waals surface area contributed by atoms with Crippen LogP contribution in [0.25, 0.3) is 0 Å². The molecular weight excluding hydrogens is 384 g/mol. The van der Waals surface area contributed by atoms with Gasteiger partial charge in [0.1, 0.15) is 11.6 Å². The van der Waals surface area contributed by atoms with Gasteiger partial charge in [-0.25, -0.2) is 4.79 Å². The summed E-state index contributed by atoms with van der Waals surface area (Å²) in [5.74, 6) is 0.430. The molecule has 3 amide bonds. The fourth-order valence-corrected chi connectivity index (χ4v) is 3.10. The van der Waals surface area contributed by atoms with Crippen LogP contribution >= 0.6 is 0 Å². The predicted octanol–water partition coefficient (Wildman–Crippen LogP) is 2.87. The van der Waals surface area contributed by atoms with E-state index in [9.17, 15) is 9.59 Å². The topological polar surface area (TPSA) is 104 Å². The van der Waals surface area contributed by atoms with Gasteiger partial charge in [0.2, 0.25) is 0 Å². The van der Waals surface area contributed by atoms with Crippen LogP contribution in [-0.4, -0.2) is 42.4 Å². The Morgan fingerprint density at radius 2 is 1.97 bits per heavy atom. The second-order valence-electron chi connectivity index (χ2n) is 6.97. The second kappa shape index (κ2) is 9.09. The first-order valence-corrected chi connectivity index (χ1v) is 9.39. The number of urea groups is 1. The molecule has 1 aliphatic heterocycles. The molecule has 1 N–H and O–H groups in total. The summed E-state index contributed by atoms with van der Waals surface area (Å²) in [5, 5.41) is 16.3. The number of rotatable bonds is 8. The largest absolute Gasteiger partial charge is 0.493 e. The molecule has 8 heteroatoms. The molecule has 0 bridgehead atoms. The lowest BCUT2D eigenvalue weighted by atomic mass is 9.93. The summed E-state index contributed by atoms with van der Waals surface area (Å²) in [6, 6.07) is 16.1. The predicted molar refractivity (Wildman–Crippen MR) is 110 cm³/mol. The summed E-state index contributed by atoms with van der Waals surface area (Å²) in [7, 11) is 1.48. The van der Waals surface area contributed by atoms with Crippen LogP contribution in [0, 0.1) is 11.3 Å². The zero-order valence-electron chi connectivity index (χ0n) is 16.8. The molecule has 0 spiro atoms.